The van der Waals surface area contributed by atoms with Gasteiger partial charge >= 0.3 is 0 Å². The molecule has 0 amide bonds. The van der Waals surface area contributed by atoms with E-state index in [1.54, 1.807) is 0 Å². The molecule has 0 radical (unpaired) electrons. The van der Waals surface area contributed by atoms with E-state index in [1.165, 1.54) is 0 Å². The zero-order valence-electron chi connectivity index (χ0n) is 12.6. The van der Waals surface area contributed by atoms with E-state index in [1.807, 2.05) is 0 Å². The van der Waals surface area contributed by atoms with Gasteiger partial charge in [-0.2, -0.15) is 0 Å². The van der Waals surface area contributed by atoms with Gasteiger partial charge in [0.05, 0.1) is 0 Å². The van der Waals surface area contributed by atoms with E-state index >= 15 is 0 Å². The van der Waals surface area contributed by atoms with Crippen LogP contribution in [0, 0.1) is 12.3 Å². The summed E-state index contributed by atoms with van der Waals surface area (Å²) in [4.78, 5) is 12.3. The lowest BCUT2D eigenvalue weighted by atomic mass is 9.84. The van der Waals surface area contributed by atoms with Crippen molar-refractivity contribution in [3.63, 3.8) is 0 Å². The number of halogens is 1. The molecule has 0 aliphatic carbocycles. The second kappa shape index (κ2) is 5.39. The minimum atomic E-state index is 0.253. The molecule has 2 heterocycles. The maximum atomic E-state index is 4.75. The first kappa shape index (κ1) is 14.8. The number of nitrogens with zero attached hydrogens (tertiary/aromatic N) is 3. The molecule has 0 bridgehead atoms. The first-order valence-electron chi connectivity index (χ1n) is 7.04. The standard InChI is InChI=1S/C15H24BrN3/c1-10(2)12-8-11(3)17-14(18-12)19-7-6-13(16)15(4,5)9-19/h8,10,13H,6-7,9H2,1-5H3. The SMILES string of the molecule is Cc1cc(C(C)C)nc(N2CCC(Br)C(C)(C)C2)n1. The van der Waals surface area contributed by atoms with Gasteiger partial charge in [0, 0.05) is 29.3 Å². The number of piperidine rings is 1. The molecule has 1 aromatic rings. The normalized spacial score (nSPS) is 22.9. The summed E-state index contributed by atoms with van der Waals surface area (Å²) in [5.74, 6) is 1.35. The summed E-state index contributed by atoms with van der Waals surface area (Å²) in [7, 11) is 0. The molecule has 4 heteroatoms. The number of hydrogen-bond donors (Lipinski definition) is 0. The van der Waals surface area contributed by atoms with Gasteiger partial charge in [-0.3, -0.25) is 0 Å². The van der Waals surface area contributed by atoms with Crippen LogP contribution in [0.1, 0.15) is 51.4 Å². The van der Waals surface area contributed by atoms with E-state index in [4.69, 9.17) is 4.98 Å². The van der Waals surface area contributed by atoms with E-state index in [-0.39, 0.29) is 5.41 Å². The molecule has 19 heavy (non-hydrogen) atoms. The summed E-state index contributed by atoms with van der Waals surface area (Å²) in [5.41, 5.74) is 2.46. The summed E-state index contributed by atoms with van der Waals surface area (Å²) in [6.07, 6.45) is 1.14. The summed E-state index contributed by atoms with van der Waals surface area (Å²) >= 11 is 3.79. The van der Waals surface area contributed by atoms with Crippen molar-refractivity contribution in [3.8, 4) is 0 Å². The van der Waals surface area contributed by atoms with Crippen LogP contribution in [0.25, 0.3) is 0 Å². The third-order valence-electron chi connectivity index (χ3n) is 3.84. The molecule has 1 aromatic heterocycles. The van der Waals surface area contributed by atoms with Crippen molar-refractivity contribution < 1.29 is 0 Å². The van der Waals surface area contributed by atoms with E-state index in [0.717, 1.165) is 36.8 Å². The molecule has 2 rings (SSSR count). The fraction of sp³-hybridized carbons (Fsp3) is 0.733. The Kier molecular flexibility index (Phi) is 4.19. The number of rotatable bonds is 2. The third kappa shape index (κ3) is 3.28. The maximum absolute atomic E-state index is 4.75. The molecule has 3 nitrogen and oxygen atoms in total. The van der Waals surface area contributed by atoms with Crippen LogP contribution >= 0.6 is 15.9 Å². The summed E-state index contributed by atoms with van der Waals surface area (Å²) < 4.78 is 0. The Bertz CT molecular complexity index is 457. The van der Waals surface area contributed by atoms with Crippen molar-refractivity contribution >= 4 is 21.9 Å². The highest BCUT2D eigenvalue weighted by Gasteiger charge is 2.35. The Labute approximate surface area is 125 Å². The number of hydrogen-bond acceptors (Lipinski definition) is 3. The molecule has 1 aliphatic heterocycles. The van der Waals surface area contributed by atoms with Crippen molar-refractivity contribution in [2.75, 3.05) is 18.0 Å². The molecule has 106 valence electrons. The van der Waals surface area contributed by atoms with Gasteiger partial charge in [0.15, 0.2) is 0 Å². The summed E-state index contributed by atoms with van der Waals surface area (Å²) in [5, 5.41) is 0. The van der Waals surface area contributed by atoms with Gasteiger partial charge in [0.2, 0.25) is 5.95 Å². The van der Waals surface area contributed by atoms with Gasteiger partial charge in [0.1, 0.15) is 0 Å². The lowest BCUT2D eigenvalue weighted by molar-refractivity contribution is 0.307. The molecule has 0 N–H and O–H groups in total. The van der Waals surface area contributed by atoms with Crippen LogP contribution in [-0.4, -0.2) is 27.9 Å². The molecular weight excluding hydrogens is 302 g/mol. The lowest BCUT2D eigenvalue weighted by Gasteiger charge is -2.42. The molecular formula is C15H24BrN3. The van der Waals surface area contributed by atoms with Gasteiger partial charge in [-0.15, -0.1) is 0 Å². The van der Waals surface area contributed by atoms with Gasteiger partial charge in [-0.25, -0.2) is 9.97 Å². The smallest absolute Gasteiger partial charge is 0.225 e. The van der Waals surface area contributed by atoms with Crippen LogP contribution in [0.4, 0.5) is 5.95 Å². The molecule has 0 spiro atoms. The second-order valence-corrected chi connectivity index (χ2v) is 7.66. The fourth-order valence-corrected chi connectivity index (χ4v) is 2.86. The molecule has 1 saturated heterocycles. The molecule has 0 aromatic carbocycles. The van der Waals surface area contributed by atoms with Crippen molar-refractivity contribution in [3.05, 3.63) is 17.5 Å². The maximum Gasteiger partial charge on any atom is 0.225 e. The van der Waals surface area contributed by atoms with Gasteiger partial charge in [0.25, 0.3) is 0 Å². The summed E-state index contributed by atoms with van der Waals surface area (Å²) in [6.45, 7) is 13.1. The minimum absolute atomic E-state index is 0.253. The predicted octanol–water partition coefficient (Wildman–Crippen LogP) is 3.91. The van der Waals surface area contributed by atoms with Crippen LogP contribution in [0.5, 0.6) is 0 Å². The average molecular weight is 326 g/mol. The lowest BCUT2D eigenvalue weighted by Crippen LogP contribution is -2.47. The number of aromatic nitrogens is 2. The highest BCUT2D eigenvalue weighted by atomic mass is 79.9. The second-order valence-electron chi connectivity index (χ2n) is 6.56. The Morgan fingerprint density at radius 3 is 2.63 bits per heavy atom. The minimum Gasteiger partial charge on any atom is -0.340 e. The number of alkyl halides is 1. The zero-order chi connectivity index (χ0) is 14.2. The van der Waals surface area contributed by atoms with E-state index < -0.39 is 0 Å². The topological polar surface area (TPSA) is 29.0 Å². The Morgan fingerprint density at radius 2 is 2.05 bits per heavy atom. The fourth-order valence-electron chi connectivity index (χ4n) is 2.51. The Morgan fingerprint density at radius 1 is 1.37 bits per heavy atom. The number of anilines is 1. The monoisotopic (exact) mass is 325 g/mol. The Hall–Kier alpha value is -0.640. The average Bonchev–Trinajstić information content (AvgIpc) is 2.31. The Balaban J connectivity index is 2.27. The van der Waals surface area contributed by atoms with Gasteiger partial charge in [-0.1, -0.05) is 43.6 Å². The molecule has 1 fully saturated rings. The highest BCUT2D eigenvalue weighted by molar-refractivity contribution is 9.09. The first-order chi connectivity index (χ1) is 8.79. The van der Waals surface area contributed by atoms with Gasteiger partial charge < -0.3 is 4.90 Å². The first-order valence-corrected chi connectivity index (χ1v) is 7.96. The van der Waals surface area contributed by atoms with Crippen LogP contribution in [0.3, 0.4) is 0 Å². The molecule has 0 saturated carbocycles. The van der Waals surface area contributed by atoms with E-state index in [9.17, 15) is 0 Å². The molecule has 1 aliphatic rings. The quantitative estimate of drug-likeness (QED) is 0.772. The van der Waals surface area contributed by atoms with Crippen LogP contribution < -0.4 is 4.90 Å². The molecule has 1 unspecified atom stereocenters. The van der Waals surface area contributed by atoms with E-state index in [0.29, 0.717) is 10.7 Å². The van der Waals surface area contributed by atoms with Crippen LogP contribution in [-0.2, 0) is 0 Å². The third-order valence-corrected chi connectivity index (χ3v) is 5.53. The van der Waals surface area contributed by atoms with Crippen molar-refractivity contribution in [1.29, 1.82) is 0 Å². The predicted molar refractivity (Wildman–Crippen MR) is 84.2 cm³/mol. The van der Waals surface area contributed by atoms with Crippen molar-refractivity contribution in [2.45, 2.75) is 51.8 Å². The highest BCUT2D eigenvalue weighted by Crippen LogP contribution is 2.35. The van der Waals surface area contributed by atoms with Gasteiger partial charge in [-0.05, 0) is 30.7 Å². The van der Waals surface area contributed by atoms with Crippen molar-refractivity contribution in [2.24, 2.45) is 5.41 Å². The zero-order valence-corrected chi connectivity index (χ0v) is 14.2. The number of aryl methyl sites for hydroxylation is 1. The largest absolute Gasteiger partial charge is 0.340 e. The van der Waals surface area contributed by atoms with Crippen LogP contribution in [0.15, 0.2) is 6.07 Å². The summed E-state index contributed by atoms with van der Waals surface area (Å²) in [6, 6.07) is 2.09. The van der Waals surface area contributed by atoms with Crippen molar-refractivity contribution in [1.82, 2.24) is 9.97 Å². The van der Waals surface area contributed by atoms with E-state index in [2.05, 4.69) is 66.5 Å². The van der Waals surface area contributed by atoms with Crippen LogP contribution in [0.2, 0.25) is 0 Å². The molecule has 1 atom stereocenters.